The molecule has 2 heterocycles. The van der Waals surface area contributed by atoms with Crippen molar-refractivity contribution in [2.45, 2.75) is 49.7 Å². The van der Waals surface area contributed by atoms with Crippen LogP contribution in [0.3, 0.4) is 0 Å². The minimum Gasteiger partial charge on any atom is -0.294 e. The largest absolute Gasteiger partial charge is 0.294 e. The maximum absolute atomic E-state index is 13.9. The monoisotopic (exact) mass is 618 g/mol. The highest BCUT2D eigenvalue weighted by molar-refractivity contribution is 7.89. The zero-order chi connectivity index (χ0) is 30.6. The Labute approximate surface area is 255 Å². The number of pyridine rings is 1. The van der Waals surface area contributed by atoms with Crippen molar-refractivity contribution in [2.24, 2.45) is 0 Å². The predicted molar refractivity (Wildman–Crippen MR) is 168 cm³/mol. The normalized spacial score (nSPS) is 17.1. The summed E-state index contributed by atoms with van der Waals surface area (Å²) in [6, 6.07) is 29.1. The van der Waals surface area contributed by atoms with Crippen LogP contribution in [0.5, 0.6) is 0 Å². The molecule has 4 aromatic rings. The van der Waals surface area contributed by atoms with Gasteiger partial charge in [0, 0.05) is 32.2 Å². The van der Waals surface area contributed by atoms with Crippen LogP contribution >= 0.6 is 0 Å². The topological polar surface area (TPSA) is 90.9 Å². The van der Waals surface area contributed by atoms with Crippen molar-refractivity contribution in [3.05, 3.63) is 125 Å². The number of hydrogen-bond donors (Lipinski definition) is 0. The van der Waals surface area contributed by atoms with Gasteiger partial charge in [0.2, 0.25) is 20.0 Å². The smallest absolute Gasteiger partial charge is 0.243 e. The van der Waals surface area contributed by atoms with Crippen LogP contribution in [0.4, 0.5) is 0 Å². The zero-order valence-corrected chi connectivity index (χ0v) is 26.4. The highest BCUT2D eigenvalue weighted by atomic mass is 32.2. The summed E-state index contributed by atoms with van der Waals surface area (Å²) in [6.45, 7) is 7.29. The summed E-state index contributed by atoms with van der Waals surface area (Å²) in [5.74, 6) is 0. The third-order valence-electron chi connectivity index (χ3n) is 7.96. The number of fused-ring (bicyclic) bond motifs is 2. The summed E-state index contributed by atoms with van der Waals surface area (Å²) in [7, 11) is -7.65. The first-order valence-electron chi connectivity index (χ1n) is 14.4. The molecule has 43 heavy (non-hydrogen) atoms. The number of aryl methyl sites for hydroxylation is 2. The van der Waals surface area contributed by atoms with E-state index in [2.05, 4.69) is 11.8 Å². The van der Waals surface area contributed by atoms with E-state index in [9.17, 15) is 16.8 Å². The van der Waals surface area contributed by atoms with Crippen LogP contribution < -0.4 is 0 Å². The second-order valence-electron chi connectivity index (χ2n) is 11.0. The van der Waals surface area contributed by atoms with Crippen LogP contribution in [-0.4, -0.2) is 61.5 Å². The average Bonchev–Trinajstić information content (AvgIpc) is 3.00. The molecule has 0 saturated heterocycles. The summed E-state index contributed by atoms with van der Waals surface area (Å²) in [6.07, 6.45) is 0. The van der Waals surface area contributed by atoms with E-state index in [-0.39, 0.29) is 42.0 Å². The van der Waals surface area contributed by atoms with Crippen LogP contribution in [0, 0.1) is 13.8 Å². The Morgan fingerprint density at radius 3 is 1.47 bits per heavy atom. The first kappa shape index (κ1) is 31.0. The number of hydrogen-bond acceptors (Lipinski definition) is 6. The second-order valence-corrected chi connectivity index (χ2v) is 14.9. The van der Waals surface area contributed by atoms with E-state index in [1.807, 2.05) is 44.2 Å². The van der Waals surface area contributed by atoms with Crippen molar-refractivity contribution in [1.82, 2.24) is 18.5 Å². The minimum atomic E-state index is -3.83. The van der Waals surface area contributed by atoms with Gasteiger partial charge in [0.1, 0.15) is 0 Å². The molecule has 0 N–H and O–H groups in total. The SMILES string of the molecule is Cc1ccc(S(=O)(=O)N2CCN([C@H](C)c3ccccc3)CCN(S(=O)(=O)c3ccc(C)cc3)Cc3cccc(n3)C2)cc1. The summed E-state index contributed by atoms with van der Waals surface area (Å²) in [4.78, 5) is 7.36. The molecule has 1 aromatic heterocycles. The molecule has 1 aliphatic rings. The molecule has 3 aromatic carbocycles. The lowest BCUT2D eigenvalue weighted by Crippen LogP contribution is -2.44. The van der Waals surface area contributed by atoms with Gasteiger partial charge in [-0.1, -0.05) is 71.8 Å². The van der Waals surface area contributed by atoms with Crippen LogP contribution in [0.15, 0.2) is 107 Å². The van der Waals surface area contributed by atoms with Gasteiger partial charge in [-0.3, -0.25) is 9.88 Å². The minimum absolute atomic E-state index is 0.0717. The molecule has 0 unspecified atom stereocenters. The first-order valence-corrected chi connectivity index (χ1v) is 17.3. The molecule has 5 rings (SSSR count). The van der Waals surface area contributed by atoms with E-state index in [0.29, 0.717) is 24.5 Å². The average molecular weight is 619 g/mol. The number of benzene rings is 3. The predicted octanol–water partition coefficient (Wildman–Crippen LogP) is 5.16. The molecule has 0 spiro atoms. The number of sulfonamides is 2. The highest BCUT2D eigenvalue weighted by Gasteiger charge is 2.30. The Balaban J connectivity index is 1.55. The van der Waals surface area contributed by atoms with E-state index in [1.165, 1.54) is 8.61 Å². The molecular formula is C33H38N4O4S2. The van der Waals surface area contributed by atoms with Crippen molar-refractivity contribution >= 4 is 20.0 Å². The molecule has 0 saturated carbocycles. The van der Waals surface area contributed by atoms with Gasteiger partial charge in [0.05, 0.1) is 34.3 Å². The Morgan fingerprint density at radius 2 is 1.02 bits per heavy atom. The Bertz CT molecular complexity index is 1640. The fourth-order valence-corrected chi connectivity index (χ4v) is 8.08. The van der Waals surface area contributed by atoms with Crippen LogP contribution in [0.2, 0.25) is 0 Å². The van der Waals surface area contributed by atoms with E-state index in [0.717, 1.165) is 16.7 Å². The lowest BCUT2D eigenvalue weighted by molar-refractivity contribution is 0.179. The molecule has 1 atom stereocenters. The van der Waals surface area contributed by atoms with Gasteiger partial charge in [-0.15, -0.1) is 0 Å². The standard InChI is InChI=1S/C33H38N4O4S2/c1-26-12-16-32(17-13-26)42(38,39)36-22-20-35(28(3)29-8-5-4-6-9-29)21-23-37(25-31-11-7-10-30(24-36)34-31)43(40,41)33-18-14-27(2)15-19-33/h4-19,28H,20-25H2,1-3H3/t28-/m1/s1. The van der Waals surface area contributed by atoms with Crippen molar-refractivity contribution in [3.63, 3.8) is 0 Å². The molecular weight excluding hydrogens is 581 g/mol. The van der Waals surface area contributed by atoms with Gasteiger partial charge in [-0.2, -0.15) is 8.61 Å². The van der Waals surface area contributed by atoms with Gasteiger partial charge in [0.25, 0.3) is 0 Å². The van der Waals surface area contributed by atoms with Gasteiger partial charge >= 0.3 is 0 Å². The number of nitrogens with zero attached hydrogens (tertiary/aromatic N) is 4. The first-order chi connectivity index (χ1) is 20.5. The summed E-state index contributed by atoms with van der Waals surface area (Å²) in [5.41, 5.74) is 4.15. The fourth-order valence-electron chi connectivity index (χ4n) is 5.28. The fraction of sp³-hybridized carbons (Fsp3) is 0.303. The van der Waals surface area contributed by atoms with Crippen molar-refractivity contribution < 1.29 is 16.8 Å². The van der Waals surface area contributed by atoms with Crippen LogP contribution in [-0.2, 0) is 33.1 Å². The third-order valence-corrected chi connectivity index (χ3v) is 11.7. The summed E-state index contributed by atoms with van der Waals surface area (Å²) >= 11 is 0. The van der Waals surface area contributed by atoms with Crippen molar-refractivity contribution in [2.75, 3.05) is 26.2 Å². The van der Waals surface area contributed by atoms with Crippen LogP contribution in [0.25, 0.3) is 0 Å². The van der Waals surface area contributed by atoms with Gasteiger partial charge < -0.3 is 0 Å². The summed E-state index contributed by atoms with van der Waals surface area (Å²) in [5, 5.41) is 0. The number of aromatic nitrogens is 1. The zero-order valence-electron chi connectivity index (χ0n) is 24.8. The molecule has 0 fully saturated rings. The van der Waals surface area contributed by atoms with Crippen LogP contribution in [0.1, 0.15) is 41.0 Å². The van der Waals surface area contributed by atoms with Gasteiger partial charge in [-0.25, -0.2) is 16.8 Å². The highest BCUT2D eigenvalue weighted by Crippen LogP contribution is 2.25. The lowest BCUT2D eigenvalue weighted by atomic mass is 10.1. The Kier molecular flexibility index (Phi) is 9.43. The molecule has 0 aliphatic carbocycles. The molecule has 10 heteroatoms. The van der Waals surface area contributed by atoms with E-state index in [4.69, 9.17) is 4.98 Å². The molecule has 0 radical (unpaired) electrons. The van der Waals surface area contributed by atoms with E-state index >= 15 is 0 Å². The van der Waals surface area contributed by atoms with Crippen molar-refractivity contribution in [3.8, 4) is 0 Å². The van der Waals surface area contributed by atoms with E-state index in [1.54, 1.807) is 66.7 Å². The van der Waals surface area contributed by atoms with E-state index < -0.39 is 20.0 Å². The maximum atomic E-state index is 13.9. The summed E-state index contributed by atoms with van der Waals surface area (Å²) < 4.78 is 58.6. The Morgan fingerprint density at radius 1 is 0.581 bits per heavy atom. The van der Waals surface area contributed by atoms with Gasteiger partial charge in [0.15, 0.2) is 0 Å². The number of rotatable bonds is 6. The molecule has 226 valence electrons. The Hall–Kier alpha value is -3.41. The third kappa shape index (κ3) is 7.22. The lowest BCUT2D eigenvalue weighted by Gasteiger charge is -2.34. The molecule has 0 amide bonds. The molecule has 2 bridgehead atoms. The van der Waals surface area contributed by atoms with Crippen molar-refractivity contribution in [1.29, 1.82) is 0 Å². The molecule has 8 nitrogen and oxygen atoms in total. The van der Waals surface area contributed by atoms with Gasteiger partial charge in [-0.05, 0) is 62.7 Å². The second kappa shape index (κ2) is 13.1. The maximum Gasteiger partial charge on any atom is 0.243 e. The molecule has 1 aliphatic heterocycles. The quantitative estimate of drug-likeness (QED) is 0.297.